The van der Waals surface area contributed by atoms with Crippen molar-refractivity contribution in [3.8, 4) is 0 Å². The van der Waals surface area contributed by atoms with Gasteiger partial charge >= 0.3 is 16.2 Å². The number of aliphatic carboxylic acids is 1. The summed E-state index contributed by atoms with van der Waals surface area (Å²) in [5.41, 5.74) is 1.09. The first-order valence-electron chi connectivity index (χ1n) is 6.57. The number of nitrogens with one attached hydrogen (secondary N) is 1. The molecule has 1 heterocycles. The lowest BCUT2D eigenvalue weighted by atomic mass is 9.99. The van der Waals surface area contributed by atoms with Gasteiger partial charge in [-0.25, -0.2) is 0 Å². The van der Waals surface area contributed by atoms with Crippen molar-refractivity contribution in [3.63, 3.8) is 0 Å². The molecule has 0 unspecified atom stereocenters. The lowest BCUT2D eigenvalue weighted by Crippen LogP contribution is -2.43. The van der Waals surface area contributed by atoms with E-state index in [0.717, 1.165) is 5.56 Å². The molecule has 21 heavy (non-hydrogen) atoms. The van der Waals surface area contributed by atoms with Crippen LogP contribution in [0.1, 0.15) is 18.4 Å². The molecule has 1 saturated heterocycles. The summed E-state index contributed by atoms with van der Waals surface area (Å²) in [6, 6.07) is 5.12. The number of carboxylic acids is 1. The number of nitrogens with zero attached hydrogens (tertiary/aromatic N) is 1. The molecule has 0 saturated carbocycles. The first kappa shape index (κ1) is 16.1. The molecular formula is C13H17ClN2O4S. The van der Waals surface area contributed by atoms with E-state index >= 15 is 0 Å². The highest BCUT2D eigenvalue weighted by molar-refractivity contribution is 7.90. The number of rotatable bonds is 4. The summed E-state index contributed by atoms with van der Waals surface area (Å²) in [6.45, 7) is 2.14. The van der Waals surface area contributed by atoms with Crippen LogP contribution in [-0.4, -0.2) is 36.9 Å². The predicted octanol–water partition coefficient (Wildman–Crippen LogP) is 2.10. The largest absolute Gasteiger partial charge is 0.481 e. The van der Waals surface area contributed by atoms with Crippen molar-refractivity contribution in [2.24, 2.45) is 5.92 Å². The molecule has 1 aliphatic heterocycles. The Morgan fingerprint density at radius 1 is 1.38 bits per heavy atom. The van der Waals surface area contributed by atoms with E-state index < -0.39 is 22.1 Å². The molecule has 116 valence electrons. The molecule has 1 aliphatic rings. The highest BCUT2D eigenvalue weighted by atomic mass is 35.5. The van der Waals surface area contributed by atoms with Crippen LogP contribution < -0.4 is 4.72 Å². The van der Waals surface area contributed by atoms with Crippen LogP contribution >= 0.6 is 11.6 Å². The van der Waals surface area contributed by atoms with Crippen molar-refractivity contribution in [2.75, 3.05) is 17.8 Å². The number of carboxylic acid groups (broad SMARTS) is 1. The maximum Gasteiger partial charge on any atom is 0.306 e. The average Bonchev–Trinajstić information content (AvgIpc) is 2.43. The molecule has 1 aromatic carbocycles. The Morgan fingerprint density at radius 2 is 2.00 bits per heavy atom. The molecule has 0 aromatic heterocycles. The van der Waals surface area contributed by atoms with Crippen LogP contribution in [0, 0.1) is 12.8 Å². The topological polar surface area (TPSA) is 86.7 Å². The zero-order chi connectivity index (χ0) is 15.6. The van der Waals surface area contributed by atoms with Gasteiger partial charge in [0.05, 0.1) is 16.6 Å². The second-order valence-corrected chi connectivity index (χ2v) is 7.13. The summed E-state index contributed by atoms with van der Waals surface area (Å²) in [6.07, 6.45) is 0.634. The molecule has 0 atom stereocenters. The van der Waals surface area contributed by atoms with Crippen LogP contribution in [-0.2, 0) is 15.0 Å². The van der Waals surface area contributed by atoms with Crippen LogP contribution in [0.15, 0.2) is 18.2 Å². The lowest BCUT2D eigenvalue weighted by molar-refractivity contribution is -0.142. The minimum Gasteiger partial charge on any atom is -0.481 e. The molecular weight excluding hydrogens is 316 g/mol. The van der Waals surface area contributed by atoms with Gasteiger partial charge in [0.25, 0.3) is 0 Å². The Labute approximate surface area is 128 Å². The van der Waals surface area contributed by atoms with Gasteiger partial charge in [-0.05, 0) is 31.4 Å². The monoisotopic (exact) mass is 332 g/mol. The lowest BCUT2D eigenvalue weighted by Gasteiger charge is -2.29. The molecule has 2 N–H and O–H groups in total. The van der Waals surface area contributed by atoms with Gasteiger partial charge in [0.15, 0.2) is 0 Å². The van der Waals surface area contributed by atoms with Gasteiger partial charge in [-0.15, -0.1) is 0 Å². The van der Waals surface area contributed by atoms with Gasteiger partial charge in [0.2, 0.25) is 0 Å². The Morgan fingerprint density at radius 3 is 2.52 bits per heavy atom. The van der Waals surface area contributed by atoms with E-state index in [1.54, 1.807) is 25.1 Å². The summed E-state index contributed by atoms with van der Waals surface area (Å²) < 4.78 is 28.4. The Bertz CT molecular complexity index is 619. The predicted molar refractivity (Wildman–Crippen MR) is 80.7 cm³/mol. The number of para-hydroxylation sites is 1. The number of benzene rings is 1. The van der Waals surface area contributed by atoms with Crippen molar-refractivity contribution >= 4 is 33.5 Å². The second kappa shape index (κ2) is 6.21. The number of aryl methyl sites for hydroxylation is 1. The van der Waals surface area contributed by atoms with Crippen LogP contribution in [0.5, 0.6) is 0 Å². The molecule has 0 amide bonds. The maximum absolute atomic E-state index is 12.3. The average molecular weight is 333 g/mol. The standard InChI is InChI=1S/C13H17ClN2O4S/c1-9-3-2-4-11(14)12(9)15-21(19,20)16-7-5-10(6-8-16)13(17)18/h2-4,10,15H,5-8H2,1H3,(H,17,18). The van der Waals surface area contributed by atoms with E-state index in [0.29, 0.717) is 23.6 Å². The number of carbonyl (C=O) groups is 1. The highest BCUT2D eigenvalue weighted by Gasteiger charge is 2.31. The number of anilines is 1. The Hall–Kier alpha value is -1.31. The van der Waals surface area contributed by atoms with Crippen molar-refractivity contribution < 1.29 is 18.3 Å². The van der Waals surface area contributed by atoms with Crippen molar-refractivity contribution in [1.82, 2.24) is 4.31 Å². The first-order chi connectivity index (χ1) is 9.81. The van der Waals surface area contributed by atoms with Crippen molar-refractivity contribution in [2.45, 2.75) is 19.8 Å². The molecule has 2 rings (SSSR count). The molecule has 0 aliphatic carbocycles. The summed E-state index contributed by atoms with van der Waals surface area (Å²) in [7, 11) is -3.72. The van der Waals surface area contributed by atoms with Crippen LogP contribution in [0.25, 0.3) is 0 Å². The summed E-state index contributed by atoms with van der Waals surface area (Å²) in [5.74, 6) is -1.35. The third-order valence-electron chi connectivity index (χ3n) is 3.60. The molecule has 0 spiro atoms. The summed E-state index contributed by atoms with van der Waals surface area (Å²) in [5, 5.41) is 9.27. The molecule has 8 heteroatoms. The van der Waals surface area contributed by atoms with Gasteiger partial charge in [-0.2, -0.15) is 12.7 Å². The van der Waals surface area contributed by atoms with Gasteiger partial charge in [0.1, 0.15) is 0 Å². The van der Waals surface area contributed by atoms with Crippen LogP contribution in [0.4, 0.5) is 5.69 Å². The SMILES string of the molecule is Cc1cccc(Cl)c1NS(=O)(=O)N1CCC(C(=O)O)CC1. The number of halogens is 1. The summed E-state index contributed by atoms with van der Waals surface area (Å²) in [4.78, 5) is 10.9. The Balaban J connectivity index is 2.11. The van der Waals surface area contributed by atoms with Crippen LogP contribution in [0.2, 0.25) is 5.02 Å². The fourth-order valence-corrected chi connectivity index (χ4v) is 3.97. The van der Waals surface area contributed by atoms with Gasteiger partial charge in [-0.1, -0.05) is 23.7 Å². The van der Waals surface area contributed by atoms with Gasteiger partial charge in [0, 0.05) is 13.1 Å². The van der Waals surface area contributed by atoms with Crippen molar-refractivity contribution in [1.29, 1.82) is 0 Å². The summed E-state index contributed by atoms with van der Waals surface area (Å²) >= 11 is 6.02. The van der Waals surface area contributed by atoms with Gasteiger partial charge in [-0.3, -0.25) is 9.52 Å². The molecule has 0 bridgehead atoms. The van der Waals surface area contributed by atoms with E-state index in [4.69, 9.17) is 16.7 Å². The minimum atomic E-state index is -3.72. The number of hydrogen-bond acceptors (Lipinski definition) is 3. The highest BCUT2D eigenvalue weighted by Crippen LogP contribution is 2.28. The molecule has 1 fully saturated rings. The van der Waals surface area contributed by atoms with E-state index in [1.807, 2.05) is 0 Å². The third-order valence-corrected chi connectivity index (χ3v) is 5.42. The van der Waals surface area contributed by atoms with E-state index in [1.165, 1.54) is 4.31 Å². The zero-order valence-electron chi connectivity index (χ0n) is 11.5. The fraction of sp³-hybridized carbons (Fsp3) is 0.462. The smallest absolute Gasteiger partial charge is 0.306 e. The molecule has 6 nitrogen and oxygen atoms in total. The van der Waals surface area contributed by atoms with E-state index in [2.05, 4.69) is 4.72 Å². The molecule has 0 radical (unpaired) electrons. The fourth-order valence-electron chi connectivity index (χ4n) is 2.30. The number of piperidine rings is 1. The normalized spacial score (nSPS) is 17.6. The number of hydrogen-bond donors (Lipinski definition) is 2. The van der Waals surface area contributed by atoms with E-state index in [-0.39, 0.29) is 13.1 Å². The molecule has 1 aromatic rings. The van der Waals surface area contributed by atoms with Gasteiger partial charge < -0.3 is 5.11 Å². The van der Waals surface area contributed by atoms with E-state index in [9.17, 15) is 13.2 Å². The first-order valence-corrected chi connectivity index (χ1v) is 8.39. The second-order valence-electron chi connectivity index (χ2n) is 5.05. The Kier molecular flexibility index (Phi) is 4.75. The van der Waals surface area contributed by atoms with Crippen LogP contribution in [0.3, 0.4) is 0 Å². The maximum atomic E-state index is 12.3. The zero-order valence-corrected chi connectivity index (χ0v) is 13.1. The quantitative estimate of drug-likeness (QED) is 0.884. The third kappa shape index (κ3) is 3.66. The van der Waals surface area contributed by atoms with Crippen molar-refractivity contribution in [3.05, 3.63) is 28.8 Å². The minimum absolute atomic E-state index is 0.190.